The summed E-state index contributed by atoms with van der Waals surface area (Å²) in [5.74, 6) is -0.0443. The van der Waals surface area contributed by atoms with E-state index in [1.54, 1.807) is 0 Å². The predicted octanol–water partition coefficient (Wildman–Crippen LogP) is 19.9. The molecule has 396 valence electrons. The van der Waals surface area contributed by atoms with Gasteiger partial charge in [0.2, 0.25) is 5.91 Å². The molecule has 0 aromatic carbocycles. The summed E-state index contributed by atoms with van der Waals surface area (Å²) in [5, 5.41) is 23.4. The number of amides is 1. The Morgan fingerprint density at radius 1 is 0.362 bits per heavy atom. The standard InChI is InChI=1S/C65H113NO3/c1-3-5-7-9-11-13-15-17-19-21-23-25-27-28-29-30-31-32-33-34-35-36-37-38-39-41-43-45-47-49-51-53-55-57-59-61-65(69)66-63(62-67)64(68)60-58-56-54-52-50-48-46-44-42-40-26-24-22-20-18-16-14-12-10-8-6-4-2/h5,7,11,13,17,19,23,25,28-29,31-32,34-35,37-38,41,43,63-64,67-68H,3-4,6,8-10,12,14-16,18,20-22,24,26-27,30,33,36,39-40,42,44-62H2,1-2H3,(H,66,69)/b7-5-,13-11-,19-17-,25-23-,29-28-,32-31-,35-34-,38-37-,43-41-. The van der Waals surface area contributed by atoms with Gasteiger partial charge in [0.25, 0.3) is 0 Å². The minimum atomic E-state index is -0.673. The van der Waals surface area contributed by atoms with Gasteiger partial charge in [-0.05, 0) is 83.5 Å². The molecule has 0 aromatic rings. The van der Waals surface area contributed by atoms with E-state index in [9.17, 15) is 15.0 Å². The predicted molar refractivity (Wildman–Crippen MR) is 308 cm³/mol. The maximum absolute atomic E-state index is 12.5. The summed E-state index contributed by atoms with van der Waals surface area (Å²) in [6.07, 6.45) is 89.3. The number of carbonyl (C=O) groups excluding carboxylic acids is 1. The van der Waals surface area contributed by atoms with Gasteiger partial charge in [-0.25, -0.2) is 0 Å². The average Bonchev–Trinajstić information content (AvgIpc) is 3.35. The van der Waals surface area contributed by atoms with Crippen molar-refractivity contribution < 1.29 is 15.0 Å². The molecule has 4 nitrogen and oxygen atoms in total. The third kappa shape index (κ3) is 55.8. The van der Waals surface area contributed by atoms with Gasteiger partial charge in [-0.3, -0.25) is 4.79 Å². The highest BCUT2D eigenvalue weighted by Crippen LogP contribution is 2.17. The van der Waals surface area contributed by atoms with E-state index in [4.69, 9.17) is 0 Å². The molecule has 0 saturated carbocycles. The molecule has 4 heteroatoms. The summed E-state index contributed by atoms with van der Waals surface area (Å²) in [7, 11) is 0. The van der Waals surface area contributed by atoms with Crippen LogP contribution in [0.25, 0.3) is 0 Å². The van der Waals surface area contributed by atoms with E-state index in [0.29, 0.717) is 12.8 Å². The van der Waals surface area contributed by atoms with Crippen LogP contribution in [0.2, 0.25) is 0 Å². The Kier molecular flexibility index (Phi) is 56.8. The number of aliphatic hydroxyl groups is 2. The SMILES string of the molecule is CC/C=C\C/C=C\C/C=C\C/C=C\C/C=C\C/C=C\C/C=C\C/C=C\C/C=C\CCCCCCCCCC(=O)NC(CO)C(O)CCCCCCCCCCCCCCCCCCCCCCCC. The molecule has 0 aliphatic carbocycles. The van der Waals surface area contributed by atoms with Crippen molar-refractivity contribution in [3.05, 3.63) is 109 Å². The lowest BCUT2D eigenvalue weighted by atomic mass is 10.0. The third-order valence-corrected chi connectivity index (χ3v) is 13.0. The number of carbonyl (C=O) groups is 1. The second kappa shape index (κ2) is 59.4. The largest absolute Gasteiger partial charge is 0.394 e. The summed E-state index contributed by atoms with van der Waals surface area (Å²) in [6.45, 7) is 4.25. The molecule has 0 bridgehead atoms. The molecule has 0 aliphatic heterocycles. The highest BCUT2D eigenvalue weighted by molar-refractivity contribution is 5.76. The summed E-state index contributed by atoms with van der Waals surface area (Å²) < 4.78 is 0. The van der Waals surface area contributed by atoms with Crippen molar-refractivity contribution in [2.45, 2.75) is 289 Å². The molecule has 2 atom stereocenters. The van der Waals surface area contributed by atoms with Gasteiger partial charge >= 0.3 is 0 Å². The van der Waals surface area contributed by atoms with Gasteiger partial charge in [-0.15, -0.1) is 0 Å². The molecule has 0 saturated heterocycles. The molecule has 0 radical (unpaired) electrons. The molecule has 2 unspecified atom stereocenters. The molecular weight excluding hydrogens is 843 g/mol. The Bertz CT molecular complexity index is 1310. The van der Waals surface area contributed by atoms with Crippen molar-refractivity contribution in [3.8, 4) is 0 Å². The number of unbranched alkanes of at least 4 members (excludes halogenated alkanes) is 28. The van der Waals surface area contributed by atoms with Crippen LogP contribution < -0.4 is 5.32 Å². The molecule has 0 spiro atoms. The van der Waals surface area contributed by atoms with Crippen LogP contribution in [0.4, 0.5) is 0 Å². The molecule has 0 aliphatic rings. The topological polar surface area (TPSA) is 69.6 Å². The number of nitrogens with one attached hydrogen (secondary N) is 1. The lowest BCUT2D eigenvalue weighted by Crippen LogP contribution is -2.45. The second-order valence-corrected chi connectivity index (χ2v) is 19.7. The van der Waals surface area contributed by atoms with Crippen LogP contribution >= 0.6 is 0 Å². The van der Waals surface area contributed by atoms with Gasteiger partial charge in [0.1, 0.15) is 0 Å². The van der Waals surface area contributed by atoms with E-state index in [2.05, 4.69) is 129 Å². The van der Waals surface area contributed by atoms with Gasteiger partial charge in [0.15, 0.2) is 0 Å². The highest BCUT2D eigenvalue weighted by Gasteiger charge is 2.20. The van der Waals surface area contributed by atoms with E-state index in [1.165, 1.54) is 154 Å². The Labute approximate surface area is 429 Å². The first-order valence-electron chi connectivity index (χ1n) is 29.6. The van der Waals surface area contributed by atoms with Crippen molar-refractivity contribution in [2.75, 3.05) is 6.61 Å². The normalized spacial score (nSPS) is 13.6. The first-order valence-corrected chi connectivity index (χ1v) is 29.6. The van der Waals surface area contributed by atoms with Crippen LogP contribution in [0.1, 0.15) is 277 Å². The lowest BCUT2D eigenvalue weighted by Gasteiger charge is -2.22. The smallest absolute Gasteiger partial charge is 0.220 e. The quantitative estimate of drug-likeness (QED) is 0.0420. The minimum Gasteiger partial charge on any atom is -0.394 e. The van der Waals surface area contributed by atoms with Crippen molar-refractivity contribution in [1.82, 2.24) is 5.32 Å². The summed E-state index contributed by atoms with van der Waals surface area (Å²) >= 11 is 0. The molecule has 1 amide bonds. The summed E-state index contributed by atoms with van der Waals surface area (Å²) in [5.41, 5.74) is 0. The number of hydrogen-bond acceptors (Lipinski definition) is 3. The van der Waals surface area contributed by atoms with Gasteiger partial charge < -0.3 is 15.5 Å². The second-order valence-electron chi connectivity index (χ2n) is 19.7. The van der Waals surface area contributed by atoms with E-state index in [-0.39, 0.29) is 12.5 Å². The number of rotatable bonds is 53. The van der Waals surface area contributed by atoms with Crippen molar-refractivity contribution in [3.63, 3.8) is 0 Å². The number of aliphatic hydroxyl groups excluding tert-OH is 2. The molecule has 3 N–H and O–H groups in total. The van der Waals surface area contributed by atoms with Crippen LogP contribution in [0.5, 0.6) is 0 Å². The van der Waals surface area contributed by atoms with Crippen LogP contribution in [-0.2, 0) is 4.79 Å². The van der Waals surface area contributed by atoms with Gasteiger partial charge in [0.05, 0.1) is 18.8 Å². The highest BCUT2D eigenvalue weighted by atomic mass is 16.3. The first-order chi connectivity index (χ1) is 34.2. The zero-order chi connectivity index (χ0) is 49.9. The van der Waals surface area contributed by atoms with E-state index < -0.39 is 12.1 Å². The Morgan fingerprint density at radius 3 is 0.957 bits per heavy atom. The van der Waals surface area contributed by atoms with Crippen LogP contribution in [-0.4, -0.2) is 34.9 Å². The van der Waals surface area contributed by atoms with Crippen molar-refractivity contribution >= 4 is 5.91 Å². The first kappa shape index (κ1) is 66.0. The van der Waals surface area contributed by atoms with E-state index in [1.807, 2.05) is 0 Å². The van der Waals surface area contributed by atoms with E-state index >= 15 is 0 Å². The Morgan fingerprint density at radius 2 is 0.638 bits per heavy atom. The monoisotopic (exact) mass is 956 g/mol. The zero-order valence-electron chi connectivity index (χ0n) is 45.5. The Hall–Kier alpha value is -2.95. The van der Waals surface area contributed by atoms with Crippen LogP contribution in [0.3, 0.4) is 0 Å². The molecule has 69 heavy (non-hydrogen) atoms. The summed E-state index contributed by atoms with van der Waals surface area (Å²) in [6, 6.07) is -0.551. The molecule has 0 rings (SSSR count). The summed E-state index contributed by atoms with van der Waals surface area (Å²) in [4.78, 5) is 12.5. The van der Waals surface area contributed by atoms with Gasteiger partial charge in [-0.1, -0.05) is 297 Å². The lowest BCUT2D eigenvalue weighted by molar-refractivity contribution is -0.123. The molecule has 0 heterocycles. The average molecular weight is 957 g/mol. The Balaban J connectivity index is 3.58. The zero-order valence-corrected chi connectivity index (χ0v) is 45.5. The maximum atomic E-state index is 12.5. The van der Waals surface area contributed by atoms with Crippen molar-refractivity contribution in [2.24, 2.45) is 0 Å². The maximum Gasteiger partial charge on any atom is 0.220 e. The molecule has 0 aromatic heterocycles. The minimum absolute atomic E-state index is 0.0443. The van der Waals surface area contributed by atoms with Gasteiger partial charge in [-0.2, -0.15) is 0 Å². The third-order valence-electron chi connectivity index (χ3n) is 13.0. The van der Waals surface area contributed by atoms with Crippen molar-refractivity contribution in [1.29, 1.82) is 0 Å². The fourth-order valence-corrected chi connectivity index (χ4v) is 8.59. The van der Waals surface area contributed by atoms with Gasteiger partial charge in [0, 0.05) is 6.42 Å². The number of hydrogen-bond donors (Lipinski definition) is 3. The molecular formula is C65H113NO3. The fraction of sp³-hybridized carbons (Fsp3) is 0.708. The van der Waals surface area contributed by atoms with E-state index in [0.717, 1.165) is 96.3 Å². The fourth-order valence-electron chi connectivity index (χ4n) is 8.59. The van der Waals surface area contributed by atoms with Crippen LogP contribution in [0, 0.1) is 0 Å². The van der Waals surface area contributed by atoms with Crippen LogP contribution in [0.15, 0.2) is 109 Å². The molecule has 0 fully saturated rings. The number of allylic oxidation sites excluding steroid dienone is 18.